The lowest BCUT2D eigenvalue weighted by Crippen LogP contribution is -2.18. The number of hydrogen-bond acceptors (Lipinski definition) is 8. The molecule has 3 heterocycles. The van der Waals surface area contributed by atoms with Crippen LogP contribution in [0.15, 0.2) is 64.3 Å². The predicted octanol–water partition coefficient (Wildman–Crippen LogP) is 5.11. The van der Waals surface area contributed by atoms with Gasteiger partial charge in [0.25, 0.3) is 0 Å². The Balaban J connectivity index is 1.49. The summed E-state index contributed by atoms with van der Waals surface area (Å²) in [5, 5.41) is 21.8. The van der Waals surface area contributed by atoms with E-state index in [0.29, 0.717) is 59.2 Å². The molecule has 3 aromatic heterocycles. The molecular weight excluding hydrogens is 516 g/mol. The molecule has 0 spiro atoms. The third-order valence-corrected chi connectivity index (χ3v) is 7.46. The zero-order valence-corrected chi connectivity index (χ0v) is 23.3. The third kappa shape index (κ3) is 5.27. The first-order chi connectivity index (χ1) is 20.0. The van der Waals surface area contributed by atoms with Gasteiger partial charge in [-0.1, -0.05) is 12.1 Å². The summed E-state index contributed by atoms with van der Waals surface area (Å²) in [4.78, 5) is 18.9. The van der Waals surface area contributed by atoms with Gasteiger partial charge in [0, 0.05) is 44.4 Å². The molecule has 0 atom stereocenters. The number of hydrogen-bond donors (Lipinski definition) is 1. The Kier molecular flexibility index (Phi) is 7.18. The van der Waals surface area contributed by atoms with Crippen molar-refractivity contribution in [1.29, 1.82) is 5.26 Å². The maximum atomic E-state index is 13.9. The molecule has 1 N–H and O–H groups in total. The number of nitrogens with zero attached hydrogens (tertiary/aromatic N) is 5. The van der Waals surface area contributed by atoms with Crippen molar-refractivity contribution in [3.05, 3.63) is 87.7 Å². The highest BCUT2D eigenvalue weighted by Crippen LogP contribution is 2.42. The average Bonchev–Trinajstić information content (AvgIpc) is 3.75. The molecule has 0 aliphatic heterocycles. The number of methoxy groups -OCH3 is 1. The Morgan fingerprint density at radius 2 is 2.00 bits per heavy atom. The molecule has 9 heteroatoms. The molecule has 0 unspecified atom stereocenters. The van der Waals surface area contributed by atoms with E-state index in [2.05, 4.69) is 27.6 Å². The van der Waals surface area contributed by atoms with E-state index in [1.54, 1.807) is 19.5 Å². The summed E-state index contributed by atoms with van der Waals surface area (Å²) >= 11 is 0. The van der Waals surface area contributed by atoms with Gasteiger partial charge >= 0.3 is 0 Å². The molecule has 1 aliphatic rings. The van der Waals surface area contributed by atoms with Crippen LogP contribution >= 0.6 is 0 Å². The van der Waals surface area contributed by atoms with Crippen LogP contribution < -0.4 is 10.7 Å². The topological polar surface area (TPSA) is 119 Å². The number of pyridine rings is 1. The number of aromatic nitrogens is 4. The second-order valence-corrected chi connectivity index (χ2v) is 10.5. The highest BCUT2D eigenvalue weighted by atomic mass is 16.5. The van der Waals surface area contributed by atoms with Gasteiger partial charge in [0.2, 0.25) is 5.43 Å². The minimum absolute atomic E-state index is 0.118. The monoisotopic (exact) mass is 546 g/mol. The van der Waals surface area contributed by atoms with E-state index in [9.17, 15) is 10.1 Å². The molecule has 0 bridgehead atoms. The zero-order valence-electron chi connectivity index (χ0n) is 23.3. The lowest BCUT2D eigenvalue weighted by Gasteiger charge is -2.13. The molecule has 1 fully saturated rings. The van der Waals surface area contributed by atoms with Crippen molar-refractivity contribution in [3.8, 4) is 39.8 Å². The number of benzene rings is 2. The predicted molar refractivity (Wildman–Crippen MR) is 156 cm³/mol. The molecule has 0 saturated heterocycles. The van der Waals surface area contributed by atoms with Crippen LogP contribution in [-0.2, 0) is 18.3 Å². The smallest absolute Gasteiger partial charge is 0.202 e. The van der Waals surface area contributed by atoms with E-state index >= 15 is 0 Å². The van der Waals surface area contributed by atoms with E-state index in [1.807, 2.05) is 48.9 Å². The van der Waals surface area contributed by atoms with E-state index in [0.717, 1.165) is 46.4 Å². The van der Waals surface area contributed by atoms with Crippen molar-refractivity contribution in [2.45, 2.75) is 32.2 Å². The zero-order chi connectivity index (χ0) is 28.5. The first-order valence-electron chi connectivity index (χ1n) is 13.6. The van der Waals surface area contributed by atoms with Crippen LogP contribution in [0.4, 0.5) is 0 Å². The summed E-state index contributed by atoms with van der Waals surface area (Å²) in [5.74, 6) is 1.00. The van der Waals surface area contributed by atoms with Crippen LogP contribution in [0.25, 0.3) is 44.7 Å². The van der Waals surface area contributed by atoms with Crippen molar-refractivity contribution in [3.63, 3.8) is 0 Å². The molecule has 5 aromatic rings. The summed E-state index contributed by atoms with van der Waals surface area (Å²) in [5.41, 5.74) is 7.38. The average molecular weight is 547 g/mol. The molecule has 1 saturated carbocycles. The van der Waals surface area contributed by atoms with Crippen molar-refractivity contribution < 1.29 is 9.15 Å². The van der Waals surface area contributed by atoms with Crippen LogP contribution in [0.1, 0.15) is 41.1 Å². The number of aryl methyl sites for hydroxylation is 2. The van der Waals surface area contributed by atoms with Crippen LogP contribution in [0.5, 0.6) is 0 Å². The van der Waals surface area contributed by atoms with Gasteiger partial charge < -0.3 is 19.0 Å². The Bertz CT molecular complexity index is 1860. The Hall–Kier alpha value is -4.65. The van der Waals surface area contributed by atoms with E-state index in [-0.39, 0.29) is 5.43 Å². The van der Waals surface area contributed by atoms with Gasteiger partial charge in [0.15, 0.2) is 5.82 Å². The molecule has 9 nitrogen and oxygen atoms in total. The van der Waals surface area contributed by atoms with Gasteiger partial charge in [-0.25, -0.2) is 0 Å². The van der Waals surface area contributed by atoms with Crippen molar-refractivity contribution in [2.75, 3.05) is 20.3 Å². The van der Waals surface area contributed by atoms with E-state index in [1.165, 1.54) is 6.26 Å². The lowest BCUT2D eigenvalue weighted by molar-refractivity contribution is 0.199. The van der Waals surface area contributed by atoms with E-state index in [4.69, 9.17) is 14.1 Å². The minimum Gasteiger partial charge on any atom is -0.463 e. The molecule has 41 heavy (non-hydrogen) atoms. The number of nitriles is 1. The highest BCUT2D eigenvalue weighted by molar-refractivity contribution is 5.86. The second-order valence-electron chi connectivity index (χ2n) is 10.5. The van der Waals surface area contributed by atoms with Gasteiger partial charge in [0.05, 0.1) is 34.9 Å². The van der Waals surface area contributed by atoms with Gasteiger partial charge in [-0.05, 0) is 72.4 Å². The fourth-order valence-electron chi connectivity index (χ4n) is 5.19. The van der Waals surface area contributed by atoms with Gasteiger partial charge in [-0.2, -0.15) is 5.26 Å². The second kappa shape index (κ2) is 11.1. The summed E-state index contributed by atoms with van der Waals surface area (Å²) in [6.45, 7) is 3.90. The first kappa shape index (κ1) is 26.6. The molecule has 1 aliphatic carbocycles. The lowest BCUT2D eigenvalue weighted by atomic mass is 9.95. The summed E-state index contributed by atoms with van der Waals surface area (Å²) in [7, 11) is 3.54. The fraction of sp³-hybridized carbons (Fsp3) is 0.281. The van der Waals surface area contributed by atoms with Gasteiger partial charge in [-0.3, -0.25) is 9.78 Å². The van der Waals surface area contributed by atoms with Gasteiger partial charge in [-0.15, -0.1) is 10.2 Å². The van der Waals surface area contributed by atoms with Gasteiger partial charge in [0.1, 0.15) is 18.2 Å². The van der Waals surface area contributed by atoms with Crippen LogP contribution in [-0.4, -0.2) is 40.0 Å². The number of ether oxygens (including phenoxy) is 1. The minimum atomic E-state index is -0.118. The molecule has 206 valence electrons. The first-order valence-corrected chi connectivity index (χ1v) is 13.6. The largest absolute Gasteiger partial charge is 0.463 e. The Labute approximate surface area is 237 Å². The quantitative estimate of drug-likeness (QED) is 0.253. The fourth-order valence-corrected chi connectivity index (χ4v) is 5.19. The molecule has 0 amide bonds. The van der Waals surface area contributed by atoms with Crippen LogP contribution in [0.2, 0.25) is 0 Å². The SMILES string of the molecule is COCCNCc1cc(C)c2occ(-c3cc(-c4ccc(C#N)cc4-c4nncn4C)cc(C4CC4)n3)c(=O)c2c1. The maximum absolute atomic E-state index is 13.9. The van der Waals surface area contributed by atoms with Crippen molar-refractivity contribution in [1.82, 2.24) is 25.1 Å². The Morgan fingerprint density at radius 1 is 1.15 bits per heavy atom. The highest BCUT2D eigenvalue weighted by Gasteiger charge is 2.27. The summed E-state index contributed by atoms with van der Waals surface area (Å²) in [6, 6.07) is 15.7. The van der Waals surface area contributed by atoms with Crippen molar-refractivity contribution >= 4 is 11.0 Å². The summed E-state index contributed by atoms with van der Waals surface area (Å²) < 4.78 is 13.0. The van der Waals surface area contributed by atoms with Crippen molar-refractivity contribution in [2.24, 2.45) is 7.05 Å². The Morgan fingerprint density at radius 3 is 2.73 bits per heavy atom. The molecule has 2 aromatic carbocycles. The van der Waals surface area contributed by atoms with Crippen LogP contribution in [0.3, 0.4) is 0 Å². The third-order valence-electron chi connectivity index (χ3n) is 7.46. The van der Waals surface area contributed by atoms with E-state index < -0.39 is 0 Å². The molecule has 0 radical (unpaired) electrons. The normalized spacial score (nSPS) is 13.0. The van der Waals surface area contributed by atoms with Crippen LogP contribution in [0, 0.1) is 18.3 Å². The molecule has 6 rings (SSSR count). The number of rotatable bonds is 9. The number of fused-ring (bicyclic) bond motifs is 1. The molecular formula is C32H30N6O3. The summed E-state index contributed by atoms with van der Waals surface area (Å²) in [6.07, 6.45) is 5.28. The standard InChI is InChI=1S/C32H30N6O3/c1-19-10-21(16-34-8-9-40-3)12-26-30(39)27(17-41-31(19)26)29-14-23(13-28(36-29)22-5-6-22)24-7-4-20(15-33)11-25(24)32-37-35-18-38(32)2/h4,7,10-14,17-18,22,34H,5-6,8-9,16H2,1-3H3. The maximum Gasteiger partial charge on any atom is 0.202 e. The number of nitrogens with one attached hydrogen (secondary N) is 1.